The Kier molecular flexibility index (Phi) is 4.92. The van der Waals surface area contributed by atoms with Gasteiger partial charge in [0.15, 0.2) is 5.13 Å². The van der Waals surface area contributed by atoms with Gasteiger partial charge in [-0.05, 0) is 30.3 Å². The number of amides is 2. The number of hydrogen-bond donors (Lipinski definition) is 2. The SMILES string of the molecule is COc1ccc2nc(NC(=O)Nc3ccccc3)sc2c1.O. The van der Waals surface area contributed by atoms with Crippen LogP contribution in [0.1, 0.15) is 0 Å². The fourth-order valence-corrected chi connectivity index (χ4v) is 2.76. The molecule has 1 aromatic heterocycles. The van der Waals surface area contributed by atoms with Crippen molar-refractivity contribution in [2.75, 3.05) is 17.7 Å². The van der Waals surface area contributed by atoms with Gasteiger partial charge >= 0.3 is 6.03 Å². The van der Waals surface area contributed by atoms with Crippen LogP contribution in [0.15, 0.2) is 48.5 Å². The number of urea groups is 1. The molecule has 0 saturated carbocycles. The van der Waals surface area contributed by atoms with Crippen LogP contribution in [-0.4, -0.2) is 23.6 Å². The molecule has 0 aliphatic carbocycles. The second-order valence-electron chi connectivity index (χ2n) is 4.30. The summed E-state index contributed by atoms with van der Waals surface area (Å²) in [6.45, 7) is 0. The zero-order valence-electron chi connectivity index (χ0n) is 11.8. The van der Waals surface area contributed by atoms with Gasteiger partial charge in [-0.25, -0.2) is 9.78 Å². The number of rotatable bonds is 3. The summed E-state index contributed by atoms with van der Waals surface area (Å²) in [5.74, 6) is 0.770. The molecule has 114 valence electrons. The van der Waals surface area contributed by atoms with E-state index in [2.05, 4.69) is 15.6 Å². The highest BCUT2D eigenvalue weighted by Crippen LogP contribution is 2.29. The van der Waals surface area contributed by atoms with E-state index in [4.69, 9.17) is 4.74 Å². The minimum atomic E-state index is -0.313. The van der Waals surface area contributed by atoms with E-state index in [0.29, 0.717) is 5.13 Å². The number of nitrogens with zero attached hydrogens (tertiary/aromatic N) is 1. The van der Waals surface area contributed by atoms with E-state index in [1.165, 1.54) is 11.3 Å². The second kappa shape index (κ2) is 6.88. The maximum absolute atomic E-state index is 11.9. The van der Waals surface area contributed by atoms with Crippen LogP contribution in [0, 0.1) is 0 Å². The average molecular weight is 317 g/mol. The smallest absolute Gasteiger partial charge is 0.325 e. The summed E-state index contributed by atoms with van der Waals surface area (Å²) >= 11 is 1.40. The Labute approximate surface area is 131 Å². The maximum Gasteiger partial charge on any atom is 0.325 e. The summed E-state index contributed by atoms with van der Waals surface area (Å²) in [6.07, 6.45) is 0. The zero-order chi connectivity index (χ0) is 14.7. The molecule has 6 nitrogen and oxygen atoms in total. The Hall–Kier alpha value is -2.64. The Balaban J connectivity index is 0.00000176. The molecule has 0 spiro atoms. The summed E-state index contributed by atoms with van der Waals surface area (Å²) in [7, 11) is 1.62. The van der Waals surface area contributed by atoms with Gasteiger partial charge in [-0.1, -0.05) is 29.5 Å². The summed E-state index contributed by atoms with van der Waals surface area (Å²) < 4.78 is 6.13. The number of para-hydroxylation sites is 1. The van der Waals surface area contributed by atoms with Crippen LogP contribution in [0.4, 0.5) is 15.6 Å². The minimum absolute atomic E-state index is 0. The van der Waals surface area contributed by atoms with Crippen molar-refractivity contribution in [1.29, 1.82) is 0 Å². The largest absolute Gasteiger partial charge is 0.497 e. The fraction of sp³-hybridized carbons (Fsp3) is 0.0667. The molecule has 2 aromatic carbocycles. The van der Waals surface area contributed by atoms with Crippen molar-refractivity contribution in [3.05, 3.63) is 48.5 Å². The van der Waals surface area contributed by atoms with Crippen LogP contribution in [0.25, 0.3) is 10.2 Å². The molecule has 3 rings (SSSR count). The molecule has 0 unspecified atom stereocenters. The predicted molar refractivity (Wildman–Crippen MR) is 88.9 cm³/mol. The number of carbonyl (C=O) groups excluding carboxylic acids is 1. The molecule has 1 heterocycles. The van der Waals surface area contributed by atoms with Crippen molar-refractivity contribution in [2.45, 2.75) is 0 Å². The monoisotopic (exact) mass is 317 g/mol. The minimum Gasteiger partial charge on any atom is -0.497 e. The Morgan fingerprint density at radius 3 is 2.64 bits per heavy atom. The van der Waals surface area contributed by atoms with Crippen molar-refractivity contribution in [3.8, 4) is 5.75 Å². The number of methoxy groups -OCH3 is 1. The number of carbonyl (C=O) groups is 1. The third kappa shape index (κ3) is 3.51. The summed E-state index contributed by atoms with van der Waals surface area (Å²) in [4.78, 5) is 16.3. The van der Waals surface area contributed by atoms with Crippen molar-refractivity contribution in [2.24, 2.45) is 0 Å². The molecule has 0 radical (unpaired) electrons. The highest BCUT2D eigenvalue weighted by molar-refractivity contribution is 7.22. The molecule has 0 atom stereocenters. The number of aromatic nitrogens is 1. The first kappa shape index (κ1) is 15.7. The third-order valence-electron chi connectivity index (χ3n) is 2.85. The molecule has 7 heteroatoms. The summed E-state index contributed by atoms with van der Waals surface area (Å²) in [6, 6.07) is 14.6. The molecule has 0 saturated heterocycles. The number of benzene rings is 2. The molecule has 4 N–H and O–H groups in total. The van der Waals surface area contributed by atoms with Gasteiger partial charge in [0.2, 0.25) is 0 Å². The van der Waals surface area contributed by atoms with Gasteiger partial charge in [-0.15, -0.1) is 0 Å². The van der Waals surface area contributed by atoms with E-state index in [1.54, 1.807) is 7.11 Å². The lowest BCUT2D eigenvalue weighted by molar-refractivity contribution is 0.262. The van der Waals surface area contributed by atoms with Crippen LogP contribution in [0.5, 0.6) is 5.75 Å². The van der Waals surface area contributed by atoms with Crippen LogP contribution in [-0.2, 0) is 0 Å². The topological polar surface area (TPSA) is 94.8 Å². The van der Waals surface area contributed by atoms with Gasteiger partial charge in [0, 0.05) is 5.69 Å². The molecule has 0 bridgehead atoms. The molecule has 0 fully saturated rings. The van der Waals surface area contributed by atoms with E-state index in [1.807, 2.05) is 48.5 Å². The molecular formula is C15H15N3O3S. The van der Waals surface area contributed by atoms with Gasteiger partial charge in [-0.3, -0.25) is 5.32 Å². The maximum atomic E-state index is 11.9. The molecule has 3 aromatic rings. The normalized spacial score (nSPS) is 9.86. The molecule has 22 heavy (non-hydrogen) atoms. The Morgan fingerprint density at radius 1 is 1.14 bits per heavy atom. The number of fused-ring (bicyclic) bond motifs is 1. The number of anilines is 2. The van der Waals surface area contributed by atoms with Crippen LogP contribution >= 0.6 is 11.3 Å². The number of nitrogens with one attached hydrogen (secondary N) is 2. The lowest BCUT2D eigenvalue weighted by Crippen LogP contribution is -2.19. The number of hydrogen-bond acceptors (Lipinski definition) is 4. The Bertz CT molecular complexity index is 774. The van der Waals surface area contributed by atoms with Crippen LogP contribution < -0.4 is 15.4 Å². The molecule has 0 aliphatic heterocycles. The number of thiazole rings is 1. The first-order valence-electron chi connectivity index (χ1n) is 6.32. The first-order valence-corrected chi connectivity index (χ1v) is 7.14. The molecule has 0 aliphatic rings. The number of ether oxygens (including phenoxy) is 1. The van der Waals surface area contributed by atoms with Crippen LogP contribution in [0.2, 0.25) is 0 Å². The van der Waals surface area contributed by atoms with Crippen molar-refractivity contribution in [1.82, 2.24) is 4.98 Å². The van der Waals surface area contributed by atoms with E-state index >= 15 is 0 Å². The van der Waals surface area contributed by atoms with E-state index in [-0.39, 0.29) is 11.5 Å². The van der Waals surface area contributed by atoms with E-state index in [9.17, 15) is 4.79 Å². The van der Waals surface area contributed by atoms with Crippen molar-refractivity contribution < 1.29 is 15.0 Å². The quantitative estimate of drug-likeness (QED) is 0.777. The Morgan fingerprint density at radius 2 is 1.91 bits per heavy atom. The van der Waals surface area contributed by atoms with Crippen LogP contribution in [0.3, 0.4) is 0 Å². The standard InChI is InChI=1S/C15H13N3O2S.H2O/c1-20-11-7-8-12-13(9-11)21-15(17-12)18-14(19)16-10-5-3-2-4-6-10;/h2-9H,1H3,(H2,16,17,18,19);1H2. The summed E-state index contributed by atoms with van der Waals surface area (Å²) in [5, 5.41) is 6.03. The van der Waals surface area contributed by atoms with E-state index < -0.39 is 0 Å². The first-order chi connectivity index (χ1) is 10.2. The van der Waals surface area contributed by atoms with Crippen molar-refractivity contribution in [3.63, 3.8) is 0 Å². The summed E-state index contributed by atoms with van der Waals surface area (Å²) in [5.41, 5.74) is 1.56. The highest BCUT2D eigenvalue weighted by atomic mass is 32.1. The zero-order valence-corrected chi connectivity index (χ0v) is 12.6. The van der Waals surface area contributed by atoms with Gasteiger partial charge in [-0.2, -0.15) is 0 Å². The van der Waals surface area contributed by atoms with Gasteiger partial charge in [0.1, 0.15) is 5.75 Å². The average Bonchev–Trinajstić information content (AvgIpc) is 2.89. The lowest BCUT2D eigenvalue weighted by atomic mass is 10.3. The van der Waals surface area contributed by atoms with E-state index in [0.717, 1.165) is 21.7 Å². The van der Waals surface area contributed by atoms with Gasteiger partial charge < -0.3 is 15.5 Å². The third-order valence-corrected chi connectivity index (χ3v) is 3.78. The molecular weight excluding hydrogens is 302 g/mol. The fourth-order valence-electron chi connectivity index (χ4n) is 1.87. The lowest BCUT2D eigenvalue weighted by Gasteiger charge is -2.04. The second-order valence-corrected chi connectivity index (χ2v) is 5.33. The highest BCUT2D eigenvalue weighted by Gasteiger charge is 2.08. The predicted octanol–water partition coefficient (Wildman–Crippen LogP) is 3.12. The van der Waals surface area contributed by atoms with Gasteiger partial charge in [0.25, 0.3) is 0 Å². The van der Waals surface area contributed by atoms with Gasteiger partial charge in [0.05, 0.1) is 17.3 Å². The van der Waals surface area contributed by atoms with Crippen molar-refractivity contribution >= 4 is 38.4 Å². The molecule has 2 amide bonds.